The Morgan fingerprint density at radius 3 is 3.00 bits per heavy atom. The summed E-state index contributed by atoms with van der Waals surface area (Å²) in [6.45, 7) is 5.09. The van der Waals surface area contributed by atoms with Crippen LogP contribution in [0.15, 0.2) is 29.2 Å². The van der Waals surface area contributed by atoms with E-state index in [9.17, 15) is 0 Å². The van der Waals surface area contributed by atoms with Gasteiger partial charge in [-0.05, 0) is 36.9 Å². The Morgan fingerprint density at radius 2 is 2.21 bits per heavy atom. The van der Waals surface area contributed by atoms with Crippen LogP contribution in [0.4, 0.5) is 0 Å². The van der Waals surface area contributed by atoms with Crippen LogP contribution >= 0.6 is 22.7 Å². The number of pyridine rings is 1. The maximum absolute atomic E-state index is 4.49. The van der Waals surface area contributed by atoms with Gasteiger partial charge < -0.3 is 5.32 Å². The summed E-state index contributed by atoms with van der Waals surface area (Å²) in [7, 11) is 0. The highest BCUT2D eigenvalue weighted by Gasteiger charge is 2.09. The van der Waals surface area contributed by atoms with Crippen LogP contribution in [0.3, 0.4) is 0 Å². The Bertz CT molecular complexity index is 687. The summed E-state index contributed by atoms with van der Waals surface area (Å²) >= 11 is 3.44. The number of hydrogen-bond donors (Lipinski definition) is 1. The van der Waals surface area contributed by atoms with Crippen LogP contribution in [-0.2, 0) is 6.54 Å². The smallest absolute Gasteiger partial charge is 0.0809 e. The molecule has 0 bridgehead atoms. The molecule has 3 nitrogen and oxygen atoms in total. The maximum Gasteiger partial charge on any atom is 0.0809 e. The minimum absolute atomic E-state index is 0.292. The third-order valence-electron chi connectivity index (χ3n) is 3.24. The van der Waals surface area contributed by atoms with E-state index in [-0.39, 0.29) is 0 Å². The lowest BCUT2D eigenvalue weighted by atomic mass is 10.1. The zero-order valence-corrected chi connectivity index (χ0v) is 12.5. The molecule has 0 fully saturated rings. The summed E-state index contributed by atoms with van der Waals surface area (Å²) < 4.78 is 1.25. The first-order valence-electron chi connectivity index (χ1n) is 6.19. The van der Waals surface area contributed by atoms with Crippen molar-refractivity contribution in [3.05, 3.63) is 45.4 Å². The average molecular weight is 289 g/mol. The molecule has 1 unspecified atom stereocenters. The van der Waals surface area contributed by atoms with Crippen LogP contribution in [0.2, 0.25) is 0 Å². The highest BCUT2D eigenvalue weighted by atomic mass is 32.1. The van der Waals surface area contributed by atoms with E-state index in [1.54, 1.807) is 22.7 Å². The second-order valence-electron chi connectivity index (χ2n) is 4.54. The summed E-state index contributed by atoms with van der Waals surface area (Å²) in [5.41, 5.74) is 5.34. The van der Waals surface area contributed by atoms with Gasteiger partial charge in [0, 0.05) is 23.7 Å². The SMILES string of the molecule is Cc1ncsc1CNC(C)c1cnc2ccsc2c1. The van der Waals surface area contributed by atoms with Crippen LogP contribution in [0, 0.1) is 6.92 Å². The number of thiophene rings is 1. The van der Waals surface area contributed by atoms with Crippen molar-refractivity contribution in [2.45, 2.75) is 26.4 Å². The van der Waals surface area contributed by atoms with E-state index in [0.29, 0.717) is 6.04 Å². The highest BCUT2D eigenvalue weighted by Crippen LogP contribution is 2.23. The number of nitrogens with zero attached hydrogens (tertiary/aromatic N) is 2. The minimum Gasteiger partial charge on any atom is -0.305 e. The lowest BCUT2D eigenvalue weighted by Gasteiger charge is -2.13. The largest absolute Gasteiger partial charge is 0.305 e. The molecule has 3 aromatic rings. The Morgan fingerprint density at radius 1 is 1.32 bits per heavy atom. The average Bonchev–Trinajstić information content (AvgIpc) is 3.03. The number of rotatable bonds is 4. The number of thiazole rings is 1. The molecule has 1 atom stereocenters. The molecule has 0 aliphatic heterocycles. The first kappa shape index (κ1) is 12.7. The van der Waals surface area contributed by atoms with E-state index in [0.717, 1.165) is 17.8 Å². The van der Waals surface area contributed by atoms with Gasteiger partial charge >= 0.3 is 0 Å². The van der Waals surface area contributed by atoms with Crippen LogP contribution in [0.5, 0.6) is 0 Å². The van der Waals surface area contributed by atoms with E-state index >= 15 is 0 Å². The van der Waals surface area contributed by atoms with E-state index in [1.165, 1.54) is 15.1 Å². The zero-order valence-electron chi connectivity index (χ0n) is 10.9. The van der Waals surface area contributed by atoms with Crippen molar-refractivity contribution in [3.63, 3.8) is 0 Å². The predicted molar refractivity (Wildman–Crippen MR) is 81.7 cm³/mol. The van der Waals surface area contributed by atoms with Crippen molar-refractivity contribution >= 4 is 32.9 Å². The van der Waals surface area contributed by atoms with E-state index in [4.69, 9.17) is 0 Å². The van der Waals surface area contributed by atoms with Crippen LogP contribution in [-0.4, -0.2) is 9.97 Å². The zero-order chi connectivity index (χ0) is 13.2. The molecule has 0 radical (unpaired) electrons. The van der Waals surface area contributed by atoms with Crippen molar-refractivity contribution < 1.29 is 0 Å². The van der Waals surface area contributed by atoms with Crippen LogP contribution in [0.25, 0.3) is 10.2 Å². The Balaban J connectivity index is 1.72. The molecule has 0 spiro atoms. The fourth-order valence-corrected chi connectivity index (χ4v) is 3.48. The second-order valence-corrected chi connectivity index (χ2v) is 6.42. The summed E-state index contributed by atoms with van der Waals surface area (Å²) in [6, 6.07) is 4.58. The second kappa shape index (κ2) is 5.36. The van der Waals surface area contributed by atoms with Gasteiger partial charge in [0.25, 0.3) is 0 Å². The lowest BCUT2D eigenvalue weighted by Crippen LogP contribution is -2.18. The van der Waals surface area contributed by atoms with Gasteiger partial charge in [-0.1, -0.05) is 0 Å². The molecule has 3 rings (SSSR count). The van der Waals surface area contributed by atoms with Gasteiger partial charge in [-0.2, -0.15) is 0 Å². The molecule has 0 aliphatic rings. The standard InChI is InChI=1S/C14H15N3S2/c1-9(15-7-14-10(2)17-8-19-14)11-5-13-12(16-6-11)3-4-18-13/h3-6,8-9,15H,7H2,1-2H3. The van der Waals surface area contributed by atoms with Crippen LogP contribution in [0.1, 0.15) is 29.1 Å². The minimum atomic E-state index is 0.292. The Kier molecular flexibility index (Phi) is 3.59. The van der Waals surface area contributed by atoms with Gasteiger partial charge in [0.05, 0.1) is 21.4 Å². The molecule has 0 aromatic carbocycles. The van der Waals surface area contributed by atoms with E-state index in [1.807, 2.05) is 11.7 Å². The van der Waals surface area contributed by atoms with Gasteiger partial charge in [-0.3, -0.25) is 4.98 Å². The summed E-state index contributed by atoms with van der Waals surface area (Å²) in [4.78, 5) is 10.1. The molecule has 5 heteroatoms. The number of fused-ring (bicyclic) bond motifs is 1. The molecule has 0 saturated heterocycles. The molecular weight excluding hydrogens is 274 g/mol. The summed E-state index contributed by atoms with van der Waals surface area (Å²) in [5, 5.41) is 5.62. The highest BCUT2D eigenvalue weighted by molar-refractivity contribution is 7.17. The van der Waals surface area contributed by atoms with Crippen molar-refractivity contribution in [2.75, 3.05) is 0 Å². The van der Waals surface area contributed by atoms with Crippen molar-refractivity contribution in [2.24, 2.45) is 0 Å². The molecular formula is C14H15N3S2. The van der Waals surface area contributed by atoms with E-state index in [2.05, 4.69) is 46.6 Å². The van der Waals surface area contributed by atoms with Gasteiger partial charge in [0.15, 0.2) is 0 Å². The first-order valence-corrected chi connectivity index (χ1v) is 7.95. The molecule has 98 valence electrons. The molecule has 0 saturated carbocycles. The summed E-state index contributed by atoms with van der Waals surface area (Å²) in [6.07, 6.45) is 1.96. The number of hydrogen-bond acceptors (Lipinski definition) is 5. The van der Waals surface area contributed by atoms with Crippen molar-refractivity contribution in [1.82, 2.24) is 15.3 Å². The third-order valence-corrected chi connectivity index (χ3v) is 5.03. The molecule has 3 heterocycles. The molecule has 0 amide bonds. The number of aryl methyl sites for hydroxylation is 1. The van der Waals surface area contributed by atoms with Gasteiger partial charge in [-0.25, -0.2) is 4.98 Å². The third kappa shape index (κ3) is 2.68. The fraction of sp³-hybridized carbons (Fsp3) is 0.286. The predicted octanol–water partition coefficient (Wildman–Crippen LogP) is 3.91. The normalized spacial score (nSPS) is 12.9. The number of nitrogens with one attached hydrogen (secondary N) is 1. The Hall–Kier alpha value is -1.30. The molecule has 0 aliphatic carbocycles. The van der Waals surface area contributed by atoms with Gasteiger partial charge in [0.1, 0.15) is 0 Å². The maximum atomic E-state index is 4.49. The fourth-order valence-electron chi connectivity index (χ4n) is 1.96. The summed E-state index contributed by atoms with van der Waals surface area (Å²) in [5.74, 6) is 0. The monoisotopic (exact) mass is 289 g/mol. The van der Waals surface area contributed by atoms with E-state index < -0.39 is 0 Å². The van der Waals surface area contributed by atoms with Gasteiger partial charge in [-0.15, -0.1) is 22.7 Å². The molecule has 3 aromatic heterocycles. The van der Waals surface area contributed by atoms with Crippen molar-refractivity contribution in [1.29, 1.82) is 0 Å². The van der Waals surface area contributed by atoms with Crippen LogP contribution < -0.4 is 5.32 Å². The van der Waals surface area contributed by atoms with Gasteiger partial charge in [0.2, 0.25) is 0 Å². The first-order chi connectivity index (χ1) is 9.24. The lowest BCUT2D eigenvalue weighted by molar-refractivity contribution is 0.576. The van der Waals surface area contributed by atoms with Crippen molar-refractivity contribution in [3.8, 4) is 0 Å². The quantitative estimate of drug-likeness (QED) is 0.791. The molecule has 19 heavy (non-hydrogen) atoms. The topological polar surface area (TPSA) is 37.8 Å². The number of aromatic nitrogens is 2. The molecule has 1 N–H and O–H groups in total. The Labute approximate surface area is 120 Å².